The Labute approximate surface area is 164 Å². The van der Waals surface area contributed by atoms with Gasteiger partial charge in [-0.1, -0.05) is 6.07 Å². The number of hydrogen-bond donors (Lipinski definition) is 1. The molecule has 3 heterocycles. The molecule has 2 aromatic heterocycles. The smallest absolute Gasteiger partial charge is 0.486 e. The number of piperidine rings is 1. The molecule has 2 aliphatic rings. The third-order valence-corrected chi connectivity index (χ3v) is 4.80. The quantitative estimate of drug-likeness (QED) is 0.838. The Hall–Kier alpha value is -3.17. The van der Waals surface area contributed by atoms with E-state index in [0.717, 1.165) is 25.1 Å². The SMILES string of the molecule is O=C(O)C(F)(F)F.O=C(c1ccccn1)N1CC2CCC1C2Oc1cccnc1. The van der Waals surface area contributed by atoms with Crippen molar-refractivity contribution in [1.29, 1.82) is 0 Å². The maximum atomic E-state index is 12.6. The van der Waals surface area contributed by atoms with Crippen LogP contribution in [-0.4, -0.2) is 56.7 Å². The molecule has 1 aliphatic heterocycles. The predicted octanol–water partition coefficient (Wildman–Crippen LogP) is 2.79. The molecule has 10 heteroatoms. The van der Waals surface area contributed by atoms with Gasteiger partial charge in [-0.25, -0.2) is 4.79 Å². The molecule has 3 unspecified atom stereocenters. The molecule has 0 radical (unpaired) electrons. The molecule has 1 amide bonds. The maximum absolute atomic E-state index is 12.6. The van der Waals surface area contributed by atoms with Gasteiger partial charge >= 0.3 is 12.1 Å². The second kappa shape index (κ2) is 8.46. The van der Waals surface area contributed by atoms with E-state index in [1.54, 1.807) is 24.7 Å². The van der Waals surface area contributed by atoms with Crippen molar-refractivity contribution in [2.75, 3.05) is 6.54 Å². The molecular formula is C19H18F3N3O4. The van der Waals surface area contributed by atoms with E-state index in [1.807, 2.05) is 29.2 Å². The number of aromatic nitrogens is 2. The molecule has 1 saturated heterocycles. The van der Waals surface area contributed by atoms with Crippen molar-refractivity contribution >= 4 is 11.9 Å². The standard InChI is InChI=1S/C17H17N3O2.C2HF3O2/c21-17(14-5-1-2-9-19-14)20-11-12-6-7-15(20)16(12)22-13-4-3-8-18-10-13;3-2(4,5)1(6)7/h1-5,8-10,12,15-16H,6-7,11H2;(H,6,7). The summed E-state index contributed by atoms with van der Waals surface area (Å²) in [6.45, 7) is 0.755. The molecule has 0 aromatic carbocycles. The third-order valence-electron chi connectivity index (χ3n) is 4.80. The average molecular weight is 409 g/mol. The molecule has 4 rings (SSSR count). The predicted molar refractivity (Wildman–Crippen MR) is 94.1 cm³/mol. The minimum absolute atomic E-state index is 0.00702. The van der Waals surface area contributed by atoms with Gasteiger partial charge in [0, 0.05) is 24.9 Å². The zero-order valence-corrected chi connectivity index (χ0v) is 15.1. The summed E-state index contributed by atoms with van der Waals surface area (Å²) < 4.78 is 37.8. The molecule has 2 aromatic rings. The molecule has 0 spiro atoms. The first-order chi connectivity index (χ1) is 13.8. The number of carbonyl (C=O) groups is 2. The van der Waals surface area contributed by atoms with E-state index in [2.05, 4.69) is 9.97 Å². The van der Waals surface area contributed by atoms with Crippen LogP contribution in [0.1, 0.15) is 23.3 Å². The summed E-state index contributed by atoms with van der Waals surface area (Å²) in [6.07, 6.45) is 2.20. The van der Waals surface area contributed by atoms with Crippen molar-refractivity contribution in [3.8, 4) is 5.75 Å². The number of rotatable bonds is 3. The van der Waals surface area contributed by atoms with Gasteiger partial charge in [0.05, 0.1) is 12.2 Å². The first-order valence-electron chi connectivity index (χ1n) is 8.86. The summed E-state index contributed by atoms with van der Waals surface area (Å²) in [5, 5.41) is 7.12. The Kier molecular flexibility index (Phi) is 6.00. The molecule has 1 saturated carbocycles. The lowest BCUT2D eigenvalue weighted by molar-refractivity contribution is -0.192. The molecule has 2 fully saturated rings. The minimum atomic E-state index is -5.08. The van der Waals surface area contributed by atoms with Gasteiger partial charge in [0.1, 0.15) is 17.5 Å². The van der Waals surface area contributed by atoms with Gasteiger partial charge in [0.25, 0.3) is 5.91 Å². The highest BCUT2D eigenvalue weighted by atomic mass is 19.4. The Morgan fingerprint density at radius 2 is 1.90 bits per heavy atom. The molecule has 7 nitrogen and oxygen atoms in total. The van der Waals surface area contributed by atoms with Crippen molar-refractivity contribution < 1.29 is 32.6 Å². The first-order valence-corrected chi connectivity index (χ1v) is 8.86. The van der Waals surface area contributed by atoms with E-state index >= 15 is 0 Å². The van der Waals surface area contributed by atoms with Gasteiger partial charge in [-0.2, -0.15) is 13.2 Å². The van der Waals surface area contributed by atoms with Crippen LogP contribution in [0.4, 0.5) is 13.2 Å². The number of fused-ring (bicyclic) bond motifs is 2. The number of pyridine rings is 2. The van der Waals surface area contributed by atoms with Crippen molar-refractivity contribution in [1.82, 2.24) is 14.9 Å². The monoisotopic (exact) mass is 409 g/mol. The lowest BCUT2D eigenvalue weighted by atomic mass is 10.1. The van der Waals surface area contributed by atoms with Crippen LogP contribution in [0.15, 0.2) is 48.9 Å². The normalized spacial score (nSPS) is 22.6. The lowest BCUT2D eigenvalue weighted by Gasteiger charge is -2.26. The van der Waals surface area contributed by atoms with Gasteiger partial charge in [0.2, 0.25) is 0 Å². The first kappa shape index (κ1) is 20.6. The van der Waals surface area contributed by atoms with Gasteiger partial charge in [0.15, 0.2) is 0 Å². The lowest BCUT2D eigenvalue weighted by Crippen LogP contribution is -2.40. The Bertz CT molecular complexity index is 849. The summed E-state index contributed by atoms with van der Waals surface area (Å²) in [5.41, 5.74) is 0.509. The number of carbonyl (C=O) groups excluding carboxylic acids is 1. The number of aliphatic carboxylic acids is 1. The number of nitrogens with zero attached hydrogens (tertiary/aromatic N) is 3. The average Bonchev–Trinajstić information content (AvgIpc) is 3.25. The van der Waals surface area contributed by atoms with Crippen LogP contribution >= 0.6 is 0 Å². The van der Waals surface area contributed by atoms with E-state index in [1.165, 1.54) is 0 Å². The van der Waals surface area contributed by atoms with E-state index in [9.17, 15) is 18.0 Å². The topological polar surface area (TPSA) is 92.6 Å². The second-order valence-electron chi connectivity index (χ2n) is 6.65. The van der Waals surface area contributed by atoms with E-state index < -0.39 is 12.1 Å². The van der Waals surface area contributed by atoms with Crippen LogP contribution in [0, 0.1) is 5.92 Å². The third kappa shape index (κ3) is 4.82. The highest BCUT2D eigenvalue weighted by Gasteiger charge is 2.50. The molecule has 2 bridgehead atoms. The summed E-state index contributed by atoms with van der Waals surface area (Å²) >= 11 is 0. The van der Waals surface area contributed by atoms with E-state index in [-0.39, 0.29) is 18.1 Å². The van der Waals surface area contributed by atoms with Crippen LogP contribution in [0.2, 0.25) is 0 Å². The zero-order valence-electron chi connectivity index (χ0n) is 15.1. The summed E-state index contributed by atoms with van der Waals surface area (Å²) in [5.74, 6) is -1.57. The van der Waals surface area contributed by atoms with Crippen molar-refractivity contribution in [2.45, 2.75) is 31.2 Å². The maximum Gasteiger partial charge on any atom is 0.490 e. The fourth-order valence-corrected chi connectivity index (χ4v) is 3.56. The number of halogens is 3. The number of alkyl halides is 3. The number of carboxylic acid groups (broad SMARTS) is 1. The molecular weight excluding hydrogens is 391 g/mol. The van der Waals surface area contributed by atoms with Crippen LogP contribution < -0.4 is 4.74 Å². The largest absolute Gasteiger partial charge is 0.490 e. The van der Waals surface area contributed by atoms with Crippen LogP contribution in [0.25, 0.3) is 0 Å². The van der Waals surface area contributed by atoms with E-state index in [0.29, 0.717) is 11.6 Å². The Morgan fingerprint density at radius 1 is 1.14 bits per heavy atom. The van der Waals surface area contributed by atoms with Crippen molar-refractivity contribution in [3.05, 3.63) is 54.6 Å². The minimum Gasteiger partial charge on any atom is -0.486 e. The summed E-state index contributed by atoms with van der Waals surface area (Å²) in [6, 6.07) is 9.35. The van der Waals surface area contributed by atoms with Crippen molar-refractivity contribution in [3.63, 3.8) is 0 Å². The van der Waals surface area contributed by atoms with Gasteiger partial charge in [-0.15, -0.1) is 0 Å². The number of hydrogen-bond acceptors (Lipinski definition) is 5. The Morgan fingerprint density at radius 3 is 2.48 bits per heavy atom. The zero-order chi connectivity index (χ0) is 21.0. The van der Waals surface area contributed by atoms with Crippen LogP contribution in [0.5, 0.6) is 5.75 Å². The van der Waals surface area contributed by atoms with Gasteiger partial charge < -0.3 is 14.7 Å². The molecule has 1 N–H and O–H groups in total. The fraction of sp³-hybridized carbons (Fsp3) is 0.368. The van der Waals surface area contributed by atoms with Crippen molar-refractivity contribution in [2.24, 2.45) is 5.92 Å². The molecule has 3 atom stereocenters. The number of carboxylic acids is 1. The van der Waals surface area contributed by atoms with Crippen LogP contribution in [0.3, 0.4) is 0 Å². The second-order valence-corrected chi connectivity index (χ2v) is 6.65. The van der Waals surface area contributed by atoms with Gasteiger partial charge in [-0.3, -0.25) is 14.8 Å². The number of likely N-dealkylation sites (tertiary alicyclic amines) is 1. The number of ether oxygens (including phenoxy) is 1. The fourth-order valence-electron chi connectivity index (χ4n) is 3.56. The summed E-state index contributed by atoms with van der Waals surface area (Å²) in [4.78, 5) is 31.7. The van der Waals surface area contributed by atoms with Crippen LogP contribution in [-0.2, 0) is 4.79 Å². The molecule has 154 valence electrons. The highest BCUT2D eigenvalue weighted by molar-refractivity contribution is 5.92. The Balaban J connectivity index is 0.000000298. The summed E-state index contributed by atoms with van der Waals surface area (Å²) in [7, 11) is 0. The van der Waals surface area contributed by atoms with Gasteiger partial charge in [-0.05, 0) is 37.1 Å². The highest BCUT2D eigenvalue weighted by Crippen LogP contribution is 2.40. The van der Waals surface area contributed by atoms with E-state index in [4.69, 9.17) is 14.6 Å². The molecule has 1 aliphatic carbocycles. The number of amides is 1. The molecule has 29 heavy (non-hydrogen) atoms.